The molecule has 0 radical (unpaired) electrons. The molecule has 0 aliphatic carbocycles. The summed E-state index contributed by atoms with van der Waals surface area (Å²) < 4.78 is 15.4. The third-order valence-corrected chi connectivity index (χ3v) is 3.48. The van der Waals surface area contributed by atoms with E-state index in [0.29, 0.717) is 11.5 Å². The fraction of sp³-hybridized carbons (Fsp3) is 0.0769. The molecule has 3 rings (SSSR count). The van der Waals surface area contributed by atoms with Crippen LogP contribution in [0.15, 0.2) is 29.4 Å². The molecule has 0 saturated heterocycles. The van der Waals surface area contributed by atoms with Crippen LogP contribution < -0.4 is 0 Å². The highest BCUT2D eigenvalue weighted by atomic mass is 35.5. The molecular formula is C13H10ClFN6S. The average Bonchev–Trinajstić information content (AvgIpc) is 3.05. The molecule has 6 nitrogen and oxygen atoms in total. The predicted octanol–water partition coefficient (Wildman–Crippen LogP) is 3.31. The average molecular weight is 337 g/mol. The highest BCUT2D eigenvalue weighted by molar-refractivity contribution is 7.71. The summed E-state index contributed by atoms with van der Waals surface area (Å²) in [4.78, 5) is 0. The lowest BCUT2D eigenvalue weighted by Crippen LogP contribution is -1.97. The Kier molecular flexibility index (Phi) is 3.86. The molecule has 2 heterocycles. The number of hydrogen-bond acceptors (Lipinski definition) is 4. The summed E-state index contributed by atoms with van der Waals surface area (Å²) in [5.41, 5.74) is 1.62. The van der Waals surface area contributed by atoms with Gasteiger partial charge in [-0.2, -0.15) is 20.0 Å². The van der Waals surface area contributed by atoms with Gasteiger partial charge < -0.3 is 0 Å². The van der Waals surface area contributed by atoms with Crippen LogP contribution in [-0.2, 0) is 0 Å². The Morgan fingerprint density at radius 2 is 2.18 bits per heavy atom. The molecule has 0 aliphatic heterocycles. The zero-order valence-electron chi connectivity index (χ0n) is 11.3. The van der Waals surface area contributed by atoms with E-state index in [-0.39, 0.29) is 15.4 Å². The van der Waals surface area contributed by atoms with E-state index in [2.05, 4.69) is 25.5 Å². The van der Waals surface area contributed by atoms with Gasteiger partial charge in [-0.05, 0) is 37.3 Å². The Bertz CT molecular complexity index is 889. The van der Waals surface area contributed by atoms with E-state index in [1.807, 2.05) is 6.92 Å². The maximum Gasteiger partial charge on any atom is 0.216 e. The molecule has 22 heavy (non-hydrogen) atoms. The first kappa shape index (κ1) is 14.6. The Morgan fingerprint density at radius 3 is 2.86 bits per heavy atom. The molecule has 0 bridgehead atoms. The summed E-state index contributed by atoms with van der Waals surface area (Å²) in [6.45, 7) is 1.87. The van der Waals surface area contributed by atoms with Crippen molar-refractivity contribution in [3.05, 3.63) is 51.1 Å². The number of nitrogens with one attached hydrogen (secondary N) is 2. The second kappa shape index (κ2) is 5.82. The monoisotopic (exact) mass is 336 g/mol. The summed E-state index contributed by atoms with van der Waals surface area (Å²) in [6.07, 6.45) is 1.30. The van der Waals surface area contributed by atoms with Gasteiger partial charge in [-0.3, -0.25) is 5.10 Å². The van der Waals surface area contributed by atoms with Gasteiger partial charge in [-0.1, -0.05) is 17.7 Å². The predicted molar refractivity (Wildman–Crippen MR) is 84.1 cm³/mol. The highest BCUT2D eigenvalue weighted by Gasteiger charge is 2.11. The molecule has 3 aromatic rings. The lowest BCUT2D eigenvalue weighted by molar-refractivity contribution is 0.625. The number of H-pyrrole nitrogens is 2. The van der Waals surface area contributed by atoms with E-state index in [1.54, 1.807) is 12.1 Å². The van der Waals surface area contributed by atoms with Gasteiger partial charge in [0, 0.05) is 11.3 Å². The quantitative estimate of drug-likeness (QED) is 0.569. The molecule has 0 amide bonds. The molecule has 0 spiro atoms. The second-order valence-electron chi connectivity index (χ2n) is 4.48. The van der Waals surface area contributed by atoms with Crippen molar-refractivity contribution in [2.45, 2.75) is 6.92 Å². The molecule has 0 saturated carbocycles. The first-order chi connectivity index (χ1) is 10.6. The third kappa shape index (κ3) is 2.70. The van der Waals surface area contributed by atoms with Crippen molar-refractivity contribution in [2.75, 3.05) is 0 Å². The van der Waals surface area contributed by atoms with E-state index < -0.39 is 5.82 Å². The van der Waals surface area contributed by atoms with Gasteiger partial charge in [-0.25, -0.2) is 9.49 Å². The van der Waals surface area contributed by atoms with Crippen molar-refractivity contribution >= 4 is 30.0 Å². The van der Waals surface area contributed by atoms with Gasteiger partial charge >= 0.3 is 0 Å². The number of halogens is 2. The van der Waals surface area contributed by atoms with Crippen molar-refractivity contribution in [2.24, 2.45) is 5.10 Å². The summed E-state index contributed by atoms with van der Waals surface area (Å²) in [7, 11) is 0. The molecule has 0 atom stereocenters. The number of benzene rings is 1. The summed E-state index contributed by atoms with van der Waals surface area (Å²) in [5.74, 6) is -0.0542. The van der Waals surface area contributed by atoms with Gasteiger partial charge in [0.25, 0.3) is 0 Å². The van der Waals surface area contributed by atoms with Gasteiger partial charge in [0.1, 0.15) is 11.5 Å². The van der Waals surface area contributed by atoms with Crippen molar-refractivity contribution in [1.29, 1.82) is 0 Å². The van der Waals surface area contributed by atoms with Gasteiger partial charge in [0.05, 0.1) is 11.2 Å². The maximum absolute atomic E-state index is 13.8. The Balaban J connectivity index is 2.05. The summed E-state index contributed by atoms with van der Waals surface area (Å²) in [5, 5.41) is 18.0. The van der Waals surface area contributed by atoms with Crippen LogP contribution in [0.3, 0.4) is 0 Å². The van der Waals surface area contributed by atoms with E-state index in [1.165, 1.54) is 23.0 Å². The van der Waals surface area contributed by atoms with Crippen LogP contribution in [0.25, 0.3) is 11.5 Å². The van der Waals surface area contributed by atoms with Crippen LogP contribution in [0.5, 0.6) is 0 Å². The lowest BCUT2D eigenvalue weighted by Gasteiger charge is -2.00. The number of aromatic nitrogens is 5. The van der Waals surface area contributed by atoms with Crippen LogP contribution in [0, 0.1) is 17.5 Å². The topological polar surface area (TPSA) is 74.7 Å². The number of hydrogen-bond donors (Lipinski definition) is 2. The molecule has 9 heteroatoms. The third-order valence-electron chi connectivity index (χ3n) is 2.89. The zero-order chi connectivity index (χ0) is 15.7. The van der Waals surface area contributed by atoms with E-state index in [4.69, 9.17) is 23.8 Å². The molecule has 1 aromatic carbocycles. The minimum absolute atomic E-state index is 0.177. The number of aryl methyl sites for hydroxylation is 1. The van der Waals surface area contributed by atoms with Gasteiger partial charge in [0.2, 0.25) is 10.6 Å². The fourth-order valence-electron chi connectivity index (χ4n) is 1.85. The van der Waals surface area contributed by atoms with E-state index in [0.717, 1.165) is 5.69 Å². The maximum atomic E-state index is 13.8. The molecular weight excluding hydrogens is 327 g/mol. The molecule has 0 unspecified atom stereocenters. The number of nitrogens with zero attached hydrogens (tertiary/aromatic N) is 4. The Hall–Kier alpha value is -2.32. The van der Waals surface area contributed by atoms with Gasteiger partial charge in [-0.15, -0.1) is 0 Å². The van der Waals surface area contributed by atoms with Crippen LogP contribution in [0.4, 0.5) is 4.39 Å². The second-order valence-corrected chi connectivity index (χ2v) is 5.27. The number of rotatable bonds is 3. The van der Waals surface area contributed by atoms with Crippen LogP contribution in [-0.4, -0.2) is 31.3 Å². The molecule has 0 fully saturated rings. The SMILES string of the molecule is Cc1cc(-c2n[nH]c(=S)n2/N=C\c2c(F)cccc2Cl)n[nH]1. The Labute approximate surface area is 134 Å². The number of aromatic amines is 2. The smallest absolute Gasteiger partial charge is 0.216 e. The largest absolute Gasteiger partial charge is 0.282 e. The van der Waals surface area contributed by atoms with Crippen LogP contribution >= 0.6 is 23.8 Å². The van der Waals surface area contributed by atoms with Crippen molar-refractivity contribution in [1.82, 2.24) is 25.1 Å². The first-order valence-corrected chi connectivity index (χ1v) is 7.03. The summed E-state index contributed by atoms with van der Waals surface area (Å²) in [6, 6.07) is 6.21. The normalized spacial score (nSPS) is 11.4. The van der Waals surface area contributed by atoms with Crippen molar-refractivity contribution in [3.63, 3.8) is 0 Å². The molecule has 112 valence electrons. The lowest BCUT2D eigenvalue weighted by atomic mass is 10.2. The standard InChI is InChI=1S/C13H10ClFN6S/c1-7-5-11(18-17-7)12-19-20-13(22)21(12)16-6-8-9(14)3-2-4-10(8)15/h2-6H,1H3,(H,17,18)(H,20,22)/b16-6-. The van der Waals surface area contributed by atoms with E-state index in [9.17, 15) is 4.39 Å². The molecule has 2 aromatic heterocycles. The Morgan fingerprint density at radius 1 is 1.36 bits per heavy atom. The zero-order valence-corrected chi connectivity index (χ0v) is 12.9. The van der Waals surface area contributed by atoms with Crippen molar-refractivity contribution < 1.29 is 4.39 Å². The van der Waals surface area contributed by atoms with Crippen LogP contribution in [0.2, 0.25) is 5.02 Å². The van der Waals surface area contributed by atoms with E-state index >= 15 is 0 Å². The summed E-state index contributed by atoms with van der Waals surface area (Å²) >= 11 is 11.1. The van der Waals surface area contributed by atoms with Crippen molar-refractivity contribution in [3.8, 4) is 11.5 Å². The van der Waals surface area contributed by atoms with Crippen LogP contribution in [0.1, 0.15) is 11.3 Å². The highest BCUT2D eigenvalue weighted by Crippen LogP contribution is 2.18. The minimum Gasteiger partial charge on any atom is -0.282 e. The molecule has 0 aliphatic rings. The van der Waals surface area contributed by atoms with Gasteiger partial charge in [0.15, 0.2) is 0 Å². The minimum atomic E-state index is -0.469. The fourth-order valence-corrected chi connectivity index (χ4v) is 2.24. The molecule has 2 N–H and O–H groups in total. The first-order valence-electron chi connectivity index (χ1n) is 6.24.